The lowest BCUT2D eigenvalue weighted by atomic mass is 9.90. The Hall–Kier alpha value is -2.50. The monoisotopic (exact) mass is 491 g/mol. The molecule has 0 bridgehead atoms. The van der Waals surface area contributed by atoms with Crippen molar-refractivity contribution in [3.63, 3.8) is 0 Å². The predicted octanol–water partition coefficient (Wildman–Crippen LogP) is 6.17. The third-order valence-corrected chi connectivity index (χ3v) is 8.55. The number of carbonyl (C=O) groups excluding carboxylic acids is 1. The van der Waals surface area contributed by atoms with Crippen LogP contribution in [0, 0.1) is 0 Å². The van der Waals surface area contributed by atoms with Crippen molar-refractivity contribution in [1.29, 1.82) is 0 Å². The Bertz CT molecular complexity index is 1170. The fraction of sp³-hybridized carbons (Fsp3) is 0.483. The average Bonchev–Trinajstić information content (AvgIpc) is 3.28. The number of amides is 1. The maximum atomic E-state index is 12.8. The first-order valence-electron chi connectivity index (χ1n) is 13.2. The van der Waals surface area contributed by atoms with Crippen LogP contribution in [0.4, 0.5) is 0 Å². The number of nitrogens with zero attached hydrogens (tertiary/aromatic N) is 3. The molecule has 5 nitrogen and oxygen atoms in total. The third kappa shape index (κ3) is 4.81. The maximum absolute atomic E-state index is 12.8. The second-order valence-electron chi connectivity index (χ2n) is 10.4. The number of likely N-dealkylation sites (tertiary alicyclic amines) is 2. The Labute approximate surface area is 212 Å². The molecule has 3 heterocycles. The summed E-state index contributed by atoms with van der Waals surface area (Å²) in [5.74, 6) is 1.08. The molecule has 0 N–H and O–H groups in total. The van der Waals surface area contributed by atoms with Gasteiger partial charge in [-0.05, 0) is 87.1 Å². The normalized spacial score (nSPS) is 20.8. The summed E-state index contributed by atoms with van der Waals surface area (Å²) in [5.41, 5.74) is 1.96. The van der Waals surface area contributed by atoms with Crippen LogP contribution in [0.15, 0.2) is 54.7 Å². The van der Waals surface area contributed by atoms with E-state index in [1.54, 1.807) is 12.1 Å². The molecule has 6 heteroatoms. The summed E-state index contributed by atoms with van der Waals surface area (Å²) in [6.45, 7) is 3.89. The van der Waals surface area contributed by atoms with E-state index in [1.807, 2.05) is 17.0 Å². The SMILES string of the molecule is O=C(c1ccc(Cl)cc1)N1CCC(n2ccc3cc(OC4CCN(C5CCC5)CC4)ccc32)CC1. The van der Waals surface area contributed by atoms with Gasteiger partial charge in [-0.2, -0.15) is 0 Å². The van der Waals surface area contributed by atoms with Gasteiger partial charge in [-0.3, -0.25) is 4.79 Å². The zero-order valence-corrected chi connectivity index (χ0v) is 21.0. The van der Waals surface area contributed by atoms with Gasteiger partial charge in [0.15, 0.2) is 0 Å². The molecule has 0 unspecified atom stereocenters. The van der Waals surface area contributed by atoms with E-state index in [-0.39, 0.29) is 5.91 Å². The number of benzene rings is 2. The molecule has 1 aromatic heterocycles. The van der Waals surface area contributed by atoms with Crippen LogP contribution in [-0.4, -0.2) is 58.6 Å². The molecule has 6 rings (SSSR count). The first-order valence-corrected chi connectivity index (χ1v) is 13.6. The van der Waals surface area contributed by atoms with Gasteiger partial charge in [0.2, 0.25) is 0 Å². The lowest BCUT2D eigenvalue weighted by Crippen LogP contribution is -2.46. The number of hydrogen-bond acceptors (Lipinski definition) is 3. The minimum Gasteiger partial charge on any atom is -0.490 e. The number of rotatable bonds is 5. The number of halogens is 1. The van der Waals surface area contributed by atoms with Crippen LogP contribution in [0.25, 0.3) is 10.9 Å². The Morgan fingerprint density at radius 3 is 2.26 bits per heavy atom. The van der Waals surface area contributed by atoms with Crippen LogP contribution >= 0.6 is 11.6 Å². The van der Waals surface area contributed by atoms with Crippen LogP contribution in [-0.2, 0) is 0 Å². The van der Waals surface area contributed by atoms with Crippen molar-refractivity contribution in [2.45, 2.75) is 63.1 Å². The number of carbonyl (C=O) groups is 1. The summed E-state index contributed by atoms with van der Waals surface area (Å²) in [6.07, 6.45) is 10.9. The highest BCUT2D eigenvalue weighted by atomic mass is 35.5. The van der Waals surface area contributed by atoms with E-state index in [0.29, 0.717) is 22.7 Å². The lowest BCUT2D eigenvalue weighted by Gasteiger charge is -2.41. The summed E-state index contributed by atoms with van der Waals surface area (Å²) in [6, 6.07) is 17.2. The van der Waals surface area contributed by atoms with Gasteiger partial charge in [0.05, 0.1) is 0 Å². The second-order valence-corrected chi connectivity index (χ2v) is 10.8. The van der Waals surface area contributed by atoms with Gasteiger partial charge in [0.1, 0.15) is 11.9 Å². The zero-order valence-electron chi connectivity index (χ0n) is 20.2. The van der Waals surface area contributed by atoms with E-state index in [1.165, 1.54) is 43.3 Å². The molecule has 1 aliphatic carbocycles. The van der Waals surface area contributed by atoms with Crippen molar-refractivity contribution >= 4 is 28.4 Å². The first kappa shape index (κ1) is 22.9. The average molecular weight is 492 g/mol. The topological polar surface area (TPSA) is 37.7 Å². The molecule has 3 fully saturated rings. The molecule has 184 valence electrons. The van der Waals surface area contributed by atoms with Crippen molar-refractivity contribution < 1.29 is 9.53 Å². The fourth-order valence-electron chi connectivity index (χ4n) is 5.96. The molecule has 3 aromatic rings. The molecule has 0 spiro atoms. The second kappa shape index (κ2) is 9.87. The smallest absolute Gasteiger partial charge is 0.253 e. The fourth-order valence-corrected chi connectivity index (χ4v) is 6.09. The van der Waals surface area contributed by atoms with Crippen molar-refractivity contribution in [3.05, 3.63) is 65.3 Å². The zero-order chi connectivity index (χ0) is 23.8. The first-order chi connectivity index (χ1) is 17.1. The molecule has 2 aliphatic heterocycles. The molecule has 2 aromatic carbocycles. The van der Waals surface area contributed by atoms with Crippen LogP contribution in [0.2, 0.25) is 5.02 Å². The minimum absolute atomic E-state index is 0.0952. The van der Waals surface area contributed by atoms with Gasteiger partial charge in [-0.15, -0.1) is 0 Å². The summed E-state index contributed by atoms with van der Waals surface area (Å²) in [7, 11) is 0. The number of fused-ring (bicyclic) bond motifs is 1. The molecule has 0 atom stereocenters. The van der Waals surface area contributed by atoms with Crippen molar-refractivity contribution in [2.75, 3.05) is 26.2 Å². The summed E-state index contributed by atoms with van der Waals surface area (Å²) in [4.78, 5) is 17.5. The molecule has 2 saturated heterocycles. The van der Waals surface area contributed by atoms with E-state index < -0.39 is 0 Å². The van der Waals surface area contributed by atoms with Gasteiger partial charge in [-0.25, -0.2) is 0 Å². The molecule has 1 amide bonds. The van der Waals surface area contributed by atoms with Crippen LogP contribution in [0.5, 0.6) is 5.75 Å². The van der Waals surface area contributed by atoms with Gasteiger partial charge in [0, 0.05) is 65.9 Å². The molecule has 35 heavy (non-hydrogen) atoms. The van der Waals surface area contributed by atoms with E-state index in [4.69, 9.17) is 16.3 Å². The Balaban J connectivity index is 1.06. The van der Waals surface area contributed by atoms with Gasteiger partial charge in [0.25, 0.3) is 5.91 Å². The summed E-state index contributed by atoms with van der Waals surface area (Å²) in [5, 5.41) is 1.89. The van der Waals surface area contributed by atoms with Crippen LogP contribution in [0.3, 0.4) is 0 Å². The number of aromatic nitrogens is 1. The standard InChI is InChI=1S/C29H34ClN3O2/c30-23-6-4-21(5-7-23)29(34)32-15-11-25(12-16-32)33-19-10-22-20-27(8-9-28(22)33)35-26-13-17-31(18-14-26)24-2-1-3-24/h4-10,19-20,24-26H,1-3,11-18H2. The highest BCUT2D eigenvalue weighted by Gasteiger charge is 2.29. The number of piperidine rings is 2. The van der Waals surface area contributed by atoms with E-state index in [0.717, 1.165) is 50.6 Å². The van der Waals surface area contributed by atoms with Crippen LogP contribution in [0.1, 0.15) is 61.3 Å². The summed E-state index contributed by atoms with van der Waals surface area (Å²) < 4.78 is 8.79. The number of hydrogen-bond donors (Lipinski definition) is 0. The summed E-state index contributed by atoms with van der Waals surface area (Å²) >= 11 is 5.97. The quantitative estimate of drug-likeness (QED) is 0.428. The molecule has 1 saturated carbocycles. The van der Waals surface area contributed by atoms with Gasteiger partial charge in [-0.1, -0.05) is 18.0 Å². The molecular weight excluding hydrogens is 458 g/mol. The van der Waals surface area contributed by atoms with Crippen molar-refractivity contribution in [1.82, 2.24) is 14.4 Å². The highest BCUT2D eigenvalue weighted by Crippen LogP contribution is 2.32. The molecular formula is C29H34ClN3O2. The van der Waals surface area contributed by atoms with Crippen LogP contribution < -0.4 is 4.74 Å². The van der Waals surface area contributed by atoms with Gasteiger partial charge < -0.3 is 19.1 Å². The molecule has 0 radical (unpaired) electrons. The Morgan fingerprint density at radius 1 is 0.829 bits per heavy atom. The largest absolute Gasteiger partial charge is 0.490 e. The van der Waals surface area contributed by atoms with Crippen molar-refractivity contribution in [3.8, 4) is 5.75 Å². The Morgan fingerprint density at radius 2 is 1.57 bits per heavy atom. The van der Waals surface area contributed by atoms with E-state index >= 15 is 0 Å². The number of ether oxygens (including phenoxy) is 1. The van der Waals surface area contributed by atoms with E-state index in [2.05, 4.69) is 39.9 Å². The molecule has 3 aliphatic rings. The Kier molecular flexibility index (Phi) is 6.46. The van der Waals surface area contributed by atoms with Crippen molar-refractivity contribution in [2.24, 2.45) is 0 Å². The highest BCUT2D eigenvalue weighted by molar-refractivity contribution is 6.30. The minimum atomic E-state index is 0.0952. The predicted molar refractivity (Wildman–Crippen MR) is 140 cm³/mol. The van der Waals surface area contributed by atoms with Gasteiger partial charge >= 0.3 is 0 Å². The third-order valence-electron chi connectivity index (χ3n) is 8.30. The lowest BCUT2D eigenvalue weighted by molar-refractivity contribution is 0.0494. The maximum Gasteiger partial charge on any atom is 0.253 e. The van der Waals surface area contributed by atoms with E-state index in [9.17, 15) is 4.79 Å².